The summed E-state index contributed by atoms with van der Waals surface area (Å²) in [5.74, 6) is 0. The van der Waals surface area contributed by atoms with Crippen LogP contribution in [-0.2, 0) is 0 Å². The van der Waals surface area contributed by atoms with Crippen molar-refractivity contribution in [2.24, 2.45) is 0 Å². The summed E-state index contributed by atoms with van der Waals surface area (Å²) in [6.07, 6.45) is 0. The smallest absolute Gasteiger partial charge is 0.218 e. The summed E-state index contributed by atoms with van der Waals surface area (Å²) in [6, 6.07) is 1.46. The molecule has 3 nitrogen and oxygen atoms in total. The highest BCUT2D eigenvalue weighted by Crippen LogP contribution is 2.26. The van der Waals surface area contributed by atoms with Gasteiger partial charge in [0, 0.05) is 0 Å². The van der Waals surface area contributed by atoms with Gasteiger partial charge in [-0.15, -0.1) is 10.2 Å². The van der Waals surface area contributed by atoms with Crippen LogP contribution in [0.2, 0.25) is 0 Å². The van der Waals surface area contributed by atoms with E-state index in [-0.39, 0.29) is 0 Å². The van der Waals surface area contributed by atoms with E-state index in [4.69, 9.17) is 5.26 Å². The van der Waals surface area contributed by atoms with Gasteiger partial charge in [0.25, 0.3) is 0 Å². The van der Waals surface area contributed by atoms with Gasteiger partial charge in [0.15, 0.2) is 4.34 Å². The van der Waals surface area contributed by atoms with Gasteiger partial charge in [-0.3, -0.25) is 0 Å². The van der Waals surface area contributed by atoms with Crippen molar-refractivity contribution in [1.29, 1.82) is 5.26 Å². The maximum Gasteiger partial charge on any atom is 0.238 e. The lowest BCUT2D eigenvalue weighted by Gasteiger charge is -1.89. The third-order valence-corrected chi connectivity index (χ3v) is 2.58. The molecule has 0 radical (unpaired) electrons. The number of aryl methyl sites for hydroxylation is 1. The molecule has 0 aliphatic carbocycles. The van der Waals surface area contributed by atoms with Crippen molar-refractivity contribution >= 4 is 23.1 Å². The van der Waals surface area contributed by atoms with Crippen molar-refractivity contribution in [3.63, 3.8) is 0 Å². The molecule has 0 aliphatic rings. The Morgan fingerprint density at radius 2 is 2.45 bits per heavy atom. The second-order valence-electron chi connectivity index (χ2n) is 1.65. The first-order valence-electron chi connectivity index (χ1n) is 2.73. The molecule has 1 aromatic heterocycles. The number of nitrogens with zero attached hydrogens (tertiary/aromatic N) is 3. The Morgan fingerprint density at radius 3 is 2.91 bits per heavy atom. The number of nitriles is 1. The second-order valence-corrected chi connectivity index (χ2v) is 4.13. The molecule has 0 N–H and O–H groups in total. The van der Waals surface area contributed by atoms with Crippen molar-refractivity contribution in [2.75, 3.05) is 0 Å². The van der Waals surface area contributed by atoms with Crippen molar-refractivity contribution in [3.8, 4) is 6.07 Å². The molecule has 58 valence electrons. The van der Waals surface area contributed by atoms with Crippen LogP contribution >= 0.6 is 23.1 Å². The molecule has 1 rings (SSSR count). The van der Waals surface area contributed by atoms with Gasteiger partial charge >= 0.3 is 0 Å². The van der Waals surface area contributed by atoms with E-state index in [2.05, 4.69) is 10.2 Å². The first kappa shape index (κ1) is 8.43. The highest BCUT2D eigenvalue weighted by Gasteiger charge is 2.09. The van der Waals surface area contributed by atoms with E-state index in [1.807, 2.05) is 0 Å². The molecule has 0 bridgehead atoms. The van der Waals surface area contributed by atoms with E-state index in [9.17, 15) is 4.39 Å². The minimum absolute atomic E-state index is 0.497. The highest BCUT2D eigenvalue weighted by molar-refractivity contribution is 8.01. The van der Waals surface area contributed by atoms with Crippen LogP contribution < -0.4 is 0 Å². The maximum atomic E-state index is 12.4. The number of rotatable bonds is 2. The summed E-state index contributed by atoms with van der Waals surface area (Å²) < 4.78 is 12.9. The number of aromatic nitrogens is 2. The third kappa shape index (κ3) is 2.44. The molecule has 0 fully saturated rings. The zero-order valence-corrected chi connectivity index (χ0v) is 7.25. The molecule has 1 heterocycles. The number of thioether (sulfide) groups is 1. The van der Waals surface area contributed by atoms with Crippen LogP contribution in [0.15, 0.2) is 4.34 Å². The largest absolute Gasteiger partial charge is 0.238 e. The van der Waals surface area contributed by atoms with Gasteiger partial charge in [-0.2, -0.15) is 5.26 Å². The van der Waals surface area contributed by atoms with Crippen LogP contribution in [-0.4, -0.2) is 15.7 Å². The van der Waals surface area contributed by atoms with Gasteiger partial charge in [0.05, 0.1) is 0 Å². The molecule has 0 aromatic carbocycles. The summed E-state index contributed by atoms with van der Waals surface area (Å²) in [4.78, 5) is 0. The Morgan fingerprint density at radius 1 is 1.73 bits per heavy atom. The molecule has 1 unspecified atom stereocenters. The Kier molecular flexibility index (Phi) is 2.79. The van der Waals surface area contributed by atoms with E-state index >= 15 is 0 Å². The number of hydrogen-bond acceptors (Lipinski definition) is 5. The summed E-state index contributed by atoms with van der Waals surface area (Å²) in [5.41, 5.74) is -1.54. The van der Waals surface area contributed by atoms with Crippen LogP contribution in [0.25, 0.3) is 0 Å². The van der Waals surface area contributed by atoms with E-state index < -0.39 is 5.50 Å². The first-order valence-corrected chi connectivity index (χ1v) is 4.42. The van der Waals surface area contributed by atoms with Crippen molar-refractivity contribution in [3.05, 3.63) is 5.01 Å². The highest BCUT2D eigenvalue weighted by atomic mass is 32.2. The summed E-state index contributed by atoms with van der Waals surface area (Å²) in [7, 11) is 0. The predicted octanol–water partition coefficient (Wildman–Crippen LogP) is 1.76. The van der Waals surface area contributed by atoms with Crippen molar-refractivity contribution in [1.82, 2.24) is 10.2 Å². The lowest BCUT2D eigenvalue weighted by molar-refractivity contribution is 0.528. The van der Waals surface area contributed by atoms with Gasteiger partial charge < -0.3 is 0 Å². The van der Waals surface area contributed by atoms with Gasteiger partial charge in [-0.05, 0) is 18.7 Å². The van der Waals surface area contributed by atoms with Crippen molar-refractivity contribution in [2.45, 2.75) is 16.8 Å². The van der Waals surface area contributed by atoms with Crippen LogP contribution in [0.4, 0.5) is 4.39 Å². The fraction of sp³-hybridized carbons (Fsp3) is 0.400. The van der Waals surface area contributed by atoms with Crippen LogP contribution in [0.5, 0.6) is 0 Å². The normalized spacial score (nSPS) is 12.5. The number of hydrogen-bond donors (Lipinski definition) is 0. The molecule has 11 heavy (non-hydrogen) atoms. The first-order chi connectivity index (χ1) is 5.22. The van der Waals surface area contributed by atoms with Crippen LogP contribution in [0, 0.1) is 18.3 Å². The summed E-state index contributed by atoms with van der Waals surface area (Å²) >= 11 is 2.06. The standard InChI is InChI=1S/C5H4FN3S2/c1-3-8-9-5(10-3)11-4(6)2-7/h4H,1H3. The monoisotopic (exact) mass is 189 g/mol. The van der Waals surface area contributed by atoms with Gasteiger partial charge in [0.2, 0.25) is 5.50 Å². The molecular formula is C5H4FN3S2. The Labute approximate surface area is 71.3 Å². The predicted molar refractivity (Wildman–Crippen MR) is 41.0 cm³/mol. The molecule has 0 aliphatic heterocycles. The molecular weight excluding hydrogens is 185 g/mol. The fourth-order valence-electron chi connectivity index (χ4n) is 0.441. The average molecular weight is 189 g/mol. The molecule has 0 saturated carbocycles. The number of alkyl halides is 1. The van der Waals surface area contributed by atoms with Crippen LogP contribution in [0.3, 0.4) is 0 Å². The van der Waals surface area contributed by atoms with E-state index in [0.717, 1.165) is 16.8 Å². The van der Waals surface area contributed by atoms with Gasteiger partial charge in [-0.1, -0.05) is 11.3 Å². The maximum absolute atomic E-state index is 12.4. The minimum Gasteiger partial charge on any atom is -0.218 e. The Hall–Kier alpha value is -0.670. The second kappa shape index (κ2) is 3.64. The SMILES string of the molecule is Cc1nnc(SC(F)C#N)s1. The van der Waals surface area contributed by atoms with E-state index in [1.165, 1.54) is 17.4 Å². The lowest BCUT2D eigenvalue weighted by Crippen LogP contribution is -1.85. The zero-order valence-electron chi connectivity index (χ0n) is 5.61. The third-order valence-electron chi connectivity index (χ3n) is 0.813. The summed E-state index contributed by atoms with van der Waals surface area (Å²) in [6.45, 7) is 1.78. The van der Waals surface area contributed by atoms with Crippen molar-refractivity contribution < 1.29 is 4.39 Å². The van der Waals surface area contributed by atoms with Gasteiger partial charge in [0.1, 0.15) is 11.1 Å². The van der Waals surface area contributed by atoms with Crippen LogP contribution in [0.1, 0.15) is 5.01 Å². The number of halogens is 1. The summed E-state index contributed by atoms with van der Waals surface area (Å²) in [5, 5.41) is 16.2. The Balaban J connectivity index is 2.59. The van der Waals surface area contributed by atoms with E-state index in [1.54, 1.807) is 6.92 Å². The molecule has 1 aromatic rings. The van der Waals surface area contributed by atoms with Gasteiger partial charge in [-0.25, -0.2) is 4.39 Å². The molecule has 0 spiro atoms. The minimum atomic E-state index is -1.54. The molecule has 1 atom stereocenters. The average Bonchev–Trinajstić information content (AvgIpc) is 2.35. The quantitative estimate of drug-likeness (QED) is 0.665. The molecule has 0 amide bonds. The Bertz CT molecular complexity index is 280. The molecule has 6 heteroatoms. The topological polar surface area (TPSA) is 49.6 Å². The van der Waals surface area contributed by atoms with E-state index in [0.29, 0.717) is 4.34 Å². The zero-order chi connectivity index (χ0) is 8.27. The molecule has 0 saturated heterocycles. The lowest BCUT2D eigenvalue weighted by atomic mass is 10.9. The fourth-order valence-corrected chi connectivity index (χ4v) is 1.98.